The third kappa shape index (κ3) is 2.44. The molecule has 0 saturated carbocycles. The molecular formula is C9H15NO3. The van der Waals surface area contributed by atoms with Crippen LogP contribution in [0.5, 0.6) is 0 Å². The molecule has 74 valence electrons. The van der Waals surface area contributed by atoms with E-state index in [1.807, 2.05) is 13.8 Å². The second kappa shape index (κ2) is 4.25. The van der Waals surface area contributed by atoms with Crippen molar-refractivity contribution in [1.29, 1.82) is 0 Å². The summed E-state index contributed by atoms with van der Waals surface area (Å²) in [5.41, 5.74) is 0.403. The first-order valence-electron chi connectivity index (χ1n) is 4.55. The molecule has 0 aromatic heterocycles. The van der Waals surface area contributed by atoms with Crippen molar-refractivity contribution in [3.8, 4) is 0 Å². The van der Waals surface area contributed by atoms with E-state index in [0.29, 0.717) is 24.7 Å². The van der Waals surface area contributed by atoms with Crippen LogP contribution in [0.15, 0.2) is 5.16 Å². The number of esters is 1. The van der Waals surface area contributed by atoms with Crippen molar-refractivity contribution < 1.29 is 14.4 Å². The molecule has 1 aliphatic rings. The highest BCUT2D eigenvalue weighted by molar-refractivity contribution is 6.36. The van der Waals surface area contributed by atoms with Gasteiger partial charge in [0, 0.05) is 6.42 Å². The third-order valence-corrected chi connectivity index (χ3v) is 1.95. The lowest BCUT2D eigenvalue weighted by Crippen LogP contribution is -2.20. The van der Waals surface area contributed by atoms with Gasteiger partial charge in [0.25, 0.3) is 0 Å². The molecule has 1 atom stereocenters. The quantitative estimate of drug-likeness (QED) is 0.623. The van der Waals surface area contributed by atoms with Crippen LogP contribution in [0.4, 0.5) is 0 Å². The summed E-state index contributed by atoms with van der Waals surface area (Å²) in [5.74, 6) is 0.0151. The van der Waals surface area contributed by atoms with Crippen molar-refractivity contribution in [3.63, 3.8) is 0 Å². The fourth-order valence-corrected chi connectivity index (χ4v) is 1.09. The Hall–Kier alpha value is -1.06. The Kier molecular flexibility index (Phi) is 3.28. The van der Waals surface area contributed by atoms with Crippen molar-refractivity contribution in [2.24, 2.45) is 11.1 Å². The zero-order valence-corrected chi connectivity index (χ0v) is 8.24. The van der Waals surface area contributed by atoms with Gasteiger partial charge >= 0.3 is 5.97 Å². The van der Waals surface area contributed by atoms with Gasteiger partial charge in [0.2, 0.25) is 0 Å². The lowest BCUT2D eigenvalue weighted by molar-refractivity contribution is -0.135. The minimum atomic E-state index is -0.356. The summed E-state index contributed by atoms with van der Waals surface area (Å²) in [5, 5.41) is 3.70. The Bertz CT molecular complexity index is 223. The number of ether oxygens (including phenoxy) is 1. The first-order valence-corrected chi connectivity index (χ1v) is 4.55. The number of hydrogen-bond donors (Lipinski definition) is 0. The van der Waals surface area contributed by atoms with E-state index in [1.165, 1.54) is 0 Å². The number of oxime groups is 1. The van der Waals surface area contributed by atoms with Crippen molar-refractivity contribution in [2.45, 2.75) is 33.3 Å². The Labute approximate surface area is 77.9 Å². The van der Waals surface area contributed by atoms with Crippen LogP contribution in [0, 0.1) is 5.92 Å². The Morgan fingerprint density at radius 1 is 1.77 bits per heavy atom. The average molecular weight is 185 g/mol. The van der Waals surface area contributed by atoms with Gasteiger partial charge in [-0.25, -0.2) is 4.79 Å². The standard InChI is InChI=1S/C9H15NO3/c1-4-12-9(11)7-5-8(6(2)3)13-10-7/h6,8H,4-5H2,1-3H3. The molecule has 0 aromatic carbocycles. The van der Waals surface area contributed by atoms with Gasteiger partial charge in [0.15, 0.2) is 5.71 Å². The highest BCUT2D eigenvalue weighted by atomic mass is 16.6. The zero-order valence-electron chi connectivity index (χ0n) is 8.24. The topological polar surface area (TPSA) is 47.9 Å². The predicted octanol–water partition coefficient (Wildman–Crippen LogP) is 1.35. The first-order chi connectivity index (χ1) is 6.15. The van der Waals surface area contributed by atoms with Crippen molar-refractivity contribution in [2.75, 3.05) is 6.61 Å². The summed E-state index contributed by atoms with van der Waals surface area (Å²) in [7, 11) is 0. The molecule has 0 spiro atoms. The van der Waals surface area contributed by atoms with Gasteiger partial charge in [-0.05, 0) is 12.8 Å². The maximum absolute atomic E-state index is 11.2. The molecule has 1 unspecified atom stereocenters. The highest BCUT2D eigenvalue weighted by Gasteiger charge is 2.28. The van der Waals surface area contributed by atoms with Gasteiger partial charge in [-0.2, -0.15) is 0 Å². The summed E-state index contributed by atoms with van der Waals surface area (Å²) >= 11 is 0. The summed E-state index contributed by atoms with van der Waals surface area (Å²) in [6, 6.07) is 0. The Balaban J connectivity index is 2.44. The molecule has 0 saturated heterocycles. The van der Waals surface area contributed by atoms with Gasteiger partial charge in [0.1, 0.15) is 6.10 Å². The van der Waals surface area contributed by atoms with E-state index in [9.17, 15) is 4.79 Å². The van der Waals surface area contributed by atoms with Gasteiger partial charge in [-0.3, -0.25) is 0 Å². The molecule has 4 heteroatoms. The van der Waals surface area contributed by atoms with Crippen LogP contribution in [-0.2, 0) is 14.4 Å². The highest BCUT2D eigenvalue weighted by Crippen LogP contribution is 2.18. The van der Waals surface area contributed by atoms with Gasteiger partial charge in [-0.15, -0.1) is 0 Å². The molecule has 1 rings (SSSR count). The molecule has 0 radical (unpaired) electrons. The molecule has 0 aliphatic carbocycles. The second-order valence-corrected chi connectivity index (χ2v) is 3.35. The lowest BCUT2D eigenvalue weighted by Gasteiger charge is -2.10. The van der Waals surface area contributed by atoms with E-state index >= 15 is 0 Å². The van der Waals surface area contributed by atoms with Crippen molar-refractivity contribution >= 4 is 11.7 Å². The Morgan fingerprint density at radius 3 is 2.92 bits per heavy atom. The Morgan fingerprint density at radius 2 is 2.46 bits per heavy atom. The SMILES string of the molecule is CCOC(=O)C1=NOC(C(C)C)C1. The lowest BCUT2D eigenvalue weighted by atomic mass is 10.0. The summed E-state index contributed by atoms with van der Waals surface area (Å²) in [6.07, 6.45) is 0.593. The summed E-state index contributed by atoms with van der Waals surface area (Å²) in [4.78, 5) is 16.3. The molecule has 0 fully saturated rings. The van der Waals surface area contributed by atoms with Crippen LogP contribution in [-0.4, -0.2) is 24.4 Å². The zero-order chi connectivity index (χ0) is 9.84. The number of hydrogen-bond acceptors (Lipinski definition) is 4. The molecule has 0 bridgehead atoms. The monoisotopic (exact) mass is 185 g/mol. The fourth-order valence-electron chi connectivity index (χ4n) is 1.09. The van der Waals surface area contributed by atoms with Crippen LogP contribution in [0.25, 0.3) is 0 Å². The average Bonchev–Trinajstić information content (AvgIpc) is 2.52. The van der Waals surface area contributed by atoms with Crippen LogP contribution in [0.3, 0.4) is 0 Å². The van der Waals surface area contributed by atoms with E-state index in [2.05, 4.69) is 5.16 Å². The maximum Gasteiger partial charge on any atom is 0.356 e. The van der Waals surface area contributed by atoms with E-state index in [1.54, 1.807) is 6.92 Å². The molecule has 0 N–H and O–H groups in total. The van der Waals surface area contributed by atoms with Crippen molar-refractivity contribution in [1.82, 2.24) is 0 Å². The molecule has 0 aromatic rings. The van der Waals surface area contributed by atoms with Crippen molar-refractivity contribution in [3.05, 3.63) is 0 Å². The summed E-state index contributed by atoms with van der Waals surface area (Å²) < 4.78 is 4.80. The minimum Gasteiger partial charge on any atom is -0.461 e. The third-order valence-electron chi connectivity index (χ3n) is 1.95. The maximum atomic E-state index is 11.2. The van der Waals surface area contributed by atoms with Gasteiger partial charge in [0.05, 0.1) is 6.61 Å². The fraction of sp³-hybridized carbons (Fsp3) is 0.778. The molecule has 13 heavy (non-hydrogen) atoms. The molecule has 1 heterocycles. The van der Waals surface area contributed by atoms with E-state index in [0.717, 1.165) is 0 Å². The van der Waals surface area contributed by atoms with Crippen LogP contribution in [0.2, 0.25) is 0 Å². The van der Waals surface area contributed by atoms with Crippen LogP contribution >= 0.6 is 0 Å². The first kappa shape index (κ1) is 10.0. The van der Waals surface area contributed by atoms with E-state index in [4.69, 9.17) is 9.57 Å². The largest absolute Gasteiger partial charge is 0.461 e. The number of rotatable bonds is 3. The summed E-state index contributed by atoms with van der Waals surface area (Å²) in [6.45, 7) is 6.22. The molecule has 0 amide bonds. The smallest absolute Gasteiger partial charge is 0.356 e. The van der Waals surface area contributed by atoms with Crippen LogP contribution in [0.1, 0.15) is 27.2 Å². The number of carbonyl (C=O) groups is 1. The predicted molar refractivity (Wildman–Crippen MR) is 48.4 cm³/mol. The van der Waals surface area contributed by atoms with Crippen LogP contribution < -0.4 is 0 Å². The van der Waals surface area contributed by atoms with E-state index < -0.39 is 0 Å². The molecule has 4 nitrogen and oxygen atoms in total. The molecule has 1 aliphatic heterocycles. The molecular weight excluding hydrogens is 170 g/mol. The van der Waals surface area contributed by atoms with E-state index in [-0.39, 0.29) is 12.1 Å². The van der Waals surface area contributed by atoms with Gasteiger partial charge < -0.3 is 9.57 Å². The minimum absolute atomic E-state index is 0.0272. The number of nitrogens with zero attached hydrogens (tertiary/aromatic N) is 1. The normalized spacial score (nSPS) is 21.2. The van der Waals surface area contributed by atoms with Gasteiger partial charge in [-0.1, -0.05) is 19.0 Å². The number of carbonyl (C=O) groups excluding carboxylic acids is 1. The second-order valence-electron chi connectivity index (χ2n) is 3.35.